The van der Waals surface area contributed by atoms with Gasteiger partial charge in [0.05, 0.1) is 11.5 Å². The first kappa shape index (κ1) is 45.1. The third-order valence-electron chi connectivity index (χ3n) is 10.5. The molecule has 0 N–H and O–H groups in total. The molecule has 2 aliphatic carbocycles. The minimum absolute atomic E-state index is 0.0623. The lowest BCUT2D eigenvalue weighted by Crippen LogP contribution is -2.72. The second kappa shape index (κ2) is 17.1. The second-order valence-electron chi connectivity index (χ2n) is 15.7. The van der Waals surface area contributed by atoms with Gasteiger partial charge in [-0.05, 0) is 19.1 Å². The van der Waals surface area contributed by atoms with Crippen molar-refractivity contribution < 1.29 is 81.0 Å². The minimum atomic E-state index is -2.58. The number of fused-ring (bicyclic) bond motifs is 3. The molecule has 2 fully saturated rings. The molecule has 0 amide bonds. The van der Waals surface area contributed by atoms with Crippen molar-refractivity contribution in [1.82, 2.24) is 0 Å². The zero-order chi connectivity index (χ0) is 43.5. The van der Waals surface area contributed by atoms with Gasteiger partial charge in [0, 0.05) is 72.1 Å². The molecule has 1 saturated carbocycles. The van der Waals surface area contributed by atoms with Crippen molar-refractivity contribution in [3.05, 3.63) is 48.0 Å². The lowest BCUT2D eigenvalue weighted by atomic mass is 9.66. The summed E-state index contributed by atoms with van der Waals surface area (Å²) in [6, 6.07) is 7.44. The van der Waals surface area contributed by atoms with Crippen LogP contribution in [0.2, 0.25) is 0 Å². The molecular weight excluding hydrogens is 764 g/mol. The number of carbonyl (C=O) groups excluding carboxylic acids is 9. The van der Waals surface area contributed by atoms with Gasteiger partial charge >= 0.3 is 47.8 Å². The Morgan fingerprint density at radius 3 is 1.74 bits per heavy atom. The van der Waals surface area contributed by atoms with Crippen molar-refractivity contribution >= 4 is 53.5 Å². The van der Waals surface area contributed by atoms with E-state index in [9.17, 15) is 38.4 Å². The minimum Gasteiger partial charge on any atom is -0.458 e. The highest BCUT2D eigenvalue weighted by Crippen LogP contribution is 2.57. The zero-order valence-corrected chi connectivity index (χ0v) is 34.1. The third-order valence-corrected chi connectivity index (χ3v) is 10.5. The van der Waals surface area contributed by atoms with Crippen LogP contribution in [0.4, 0.5) is 0 Å². The summed E-state index contributed by atoms with van der Waals surface area (Å²) >= 11 is 0. The van der Waals surface area contributed by atoms with E-state index in [1.807, 2.05) is 0 Å². The zero-order valence-electron chi connectivity index (χ0n) is 34.1. The first-order valence-electron chi connectivity index (χ1n) is 18.7. The summed E-state index contributed by atoms with van der Waals surface area (Å²) in [4.78, 5) is 122. The van der Waals surface area contributed by atoms with Crippen LogP contribution in [0.1, 0.15) is 98.9 Å². The van der Waals surface area contributed by atoms with Gasteiger partial charge in [0.25, 0.3) is 0 Å². The Kier molecular flexibility index (Phi) is 13.3. The van der Waals surface area contributed by atoms with Crippen LogP contribution in [-0.4, -0.2) is 101 Å². The van der Waals surface area contributed by atoms with Crippen LogP contribution in [0.5, 0.6) is 0 Å². The van der Waals surface area contributed by atoms with Crippen LogP contribution in [0.15, 0.2) is 42.5 Å². The SMILES string of the molecule is CC(=O)O[C@H]1[C@@H](OC(C)=O)C(C)(C)/C=C\[C@H](C)C(=O)[C@@]2(OC(C)=O)C[C@@](C)(OC(C)=O)[C@H](OC(C)=O)[C@@H]2[C@H]2OC(=O)CC[C@@]2(OC(=O)c2ccccc2)[C@@H]1OC(C)=O. The predicted molar refractivity (Wildman–Crippen MR) is 196 cm³/mol. The van der Waals surface area contributed by atoms with E-state index in [-0.39, 0.29) is 5.56 Å². The number of hydrogen-bond acceptors (Lipinski definition) is 17. The summed E-state index contributed by atoms with van der Waals surface area (Å²) in [5, 5.41) is 0. The number of benzene rings is 1. The van der Waals surface area contributed by atoms with Crippen LogP contribution in [-0.2, 0) is 76.3 Å². The molecule has 1 aromatic carbocycles. The van der Waals surface area contributed by atoms with Crippen LogP contribution in [0.25, 0.3) is 0 Å². The van der Waals surface area contributed by atoms with Gasteiger partial charge < -0.3 is 37.9 Å². The number of esters is 8. The van der Waals surface area contributed by atoms with Crippen LogP contribution in [0.3, 0.4) is 0 Å². The average molecular weight is 815 g/mol. The van der Waals surface area contributed by atoms with Gasteiger partial charge in [0.1, 0.15) is 0 Å². The molecular formula is C41H50O17. The highest BCUT2D eigenvalue weighted by Gasteiger charge is 2.76. The molecule has 1 heterocycles. The average Bonchev–Trinajstić information content (AvgIpc) is 3.33. The summed E-state index contributed by atoms with van der Waals surface area (Å²) in [6.45, 7) is 12.1. The van der Waals surface area contributed by atoms with E-state index in [0.717, 1.165) is 41.5 Å². The van der Waals surface area contributed by atoms with Gasteiger partial charge in [-0.3, -0.25) is 38.4 Å². The van der Waals surface area contributed by atoms with Crippen LogP contribution < -0.4 is 0 Å². The Balaban J connectivity index is 2.32. The molecule has 0 unspecified atom stereocenters. The normalized spacial score (nSPS) is 33.4. The molecule has 1 aromatic rings. The second-order valence-corrected chi connectivity index (χ2v) is 15.7. The fraction of sp³-hybridized carbons (Fsp3) is 0.585. The molecule has 58 heavy (non-hydrogen) atoms. The Labute approximate surface area is 335 Å². The molecule has 0 aromatic heterocycles. The first-order chi connectivity index (χ1) is 26.9. The number of allylic oxidation sites excluding steroid dienone is 1. The van der Waals surface area contributed by atoms with Crippen molar-refractivity contribution in [3.63, 3.8) is 0 Å². The maximum absolute atomic E-state index is 15.3. The van der Waals surface area contributed by atoms with E-state index in [1.165, 1.54) is 50.3 Å². The summed E-state index contributed by atoms with van der Waals surface area (Å²) in [5.74, 6) is -11.9. The largest absolute Gasteiger partial charge is 0.458 e. The Bertz CT molecular complexity index is 1870. The molecule has 3 aliphatic rings. The fourth-order valence-electron chi connectivity index (χ4n) is 8.50. The smallest absolute Gasteiger partial charge is 0.338 e. The number of ether oxygens (including phenoxy) is 8. The molecule has 316 valence electrons. The lowest BCUT2D eigenvalue weighted by molar-refractivity contribution is -0.264. The monoisotopic (exact) mass is 814 g/mol. The Morgan fingerprint density at radius 2 is 1.21 bits per heavy atom. The molecule has 17 heteroatoms. The lowest BCUT2D eigenvalue weighted by Gasteiger charge is -2.53. The van der Waals surface area contributed by atoms with Crippen molar-refractivity contribution in [2.75, 3.05) is 0 Å². The van der Waals surface area contributed by atoms with E-state index >= 15 is 4.79 Å². The van der Waals surface area contributed by atoms with Gasteiger partial charge in [-0.25, -0.2) is 4.79 Å². The Hall–Kier alpha value is -5.61. The first-order valence-corrected chi connectivity index (χ1v) is 18.7. The van der Waals surface area contributed by atoms with E-state index in [1.54, 1.807) is 19.9 Å². The quantitative estimate of drug-likeness (QED) is 0.208. The van der Waals surface area contributed by atoms with E-state index in [0.29, 0.717) is 0 Å². The molecule has 1 saturated heterocycles. The maximum Gasteiger partial charge on any atom is 0.338 e. The van der Waals surface area contributed by atoms with Gasteiger partial charge in [-0.15, -0.1) is 0 Å². The van der Waals surface area contributed by atoms with Crippen LogP contribution >= 0.6 is 0 Å². The van der Waals surface area contributed by atoms with Gasteiger partial charge in [-0.2, -0.15) is 0 Å². The number of Topliss-reactive ketones (excluding diaryl/α,β-unsaturated/α-hetero) is 1. The number of rotatable bonds is 8. The number of hydrogen-bond donors (Lipinski definition) is 0. The molecule has 4 rings (SSSR count). The molecule has 17 nitrogen and oxygen atoms in total. The fourth-order valence-corrected chi connectivity index (χ4v) is 8.50. The molecule has 0 spiro atoms. The molecule has 0 bridgehead atoms. The van der Waals surface area contributed by atoms with Gasteiger partial charge in [-0.1, -0.05) is 51.1 Å². The van der Waals surface area contributed by atoms with Crippen molar-refractivity contribution in [1.29, 1.82) is 0 Å². The van der Waals surface area contributed by atoms with Crippen molar-refractivity contribution in [3.8, 4) is 0 Å². The number of ketones is 1. The highest BCUT2D eigenvalue weighted by molar-refractivity contribution is 5.94. The predicted octanol–water partition coefficient (Wildman–Crippen LogP) is 3.46. The molecule has 10 atom stereocenters. The number of carbonyl (C=O) groups is 9. The van der Waals surface area contributed by atoms with Crippen molar-refractivity contribution in [2.24, 2.45) is 17.3 Å². The maximum atomic E-state index is 15.3. The Morgan fingerprint density at radius 1 is 0.672 bits per heavy atom. The van der Waals surface area contributed by atoms with E-state index in [4.69, 9.17) is 37.9 Å². The van der Waals surface area contributed by atoms with Gasteiger partial charge in [0.15, 0.2) is 53.1 Å². The van der Waals surface area contributed by atoms with E-state index in [2.05, 4.69) is 0 Å². The van der Waals surface area contributed by atoms with Crippen LogP contribution in [0, 0.1) is 17.3 Å². The topological polar surface area (TPSA) is 227 Å². The summed E-state index contributed by atoms with van der Waals surface area (Å²) in [7, 11) is 0. The summed E-state index contributed by atoms with van der Waals surface area (Å²) in [6.07, 6.45) is -8.42. The van der Waals surface area contributed by atoms with Gasteiger partial charge in [0.2, 0.25) is 0 Å². The summed E-state index contributed by atoms with van der Waals surface area (Å²) in [5.41, 5.74) is -8.61. The molecule has 1 aliphatic heterocycles. The van der Waals surface area contributed by atoms with E-state index < -0.39 is 137 Å². The summed E-state index contributed by atoms with van der Waals surface area (Å²) < 4.78 is 48.1. The molecule has 0 radical (unpaired) electrons. The standard InChI is InChI=1S/C41H50O17/c1-21-16-18-38(8,9)35(53-24(4)44)31(51-22(2)42)36(54-25(5)45)40(58-37(50)28-14-12-11-13-15-28)19-17-29(48)55-34(40)30-33(52-23(3)43)39(10,56-26(6)46)20-41(30,32(21)49)57-27(7)47/h11-16,18,21,30-31,33-36H,17,19-20H2,1-10H3/b18-16-/t21-,30+,31-,33+,34+,35+,36+,39+,40-,41+/m0/s1. The highest BCUT2D eigenvalue weighted by atomic mass is 16.7. The van der Waals surface area contributed by atoms with Crippen molar-refractivity contribution in [2.45, 2.75) is 136 Å². The third kappa shape index (κ3) is 9.23.